The molecule has 0 saturated heterocycles. The zero-order valence-electron chi connectivity index (χ0n) is 14.7. The number of benzene rings is 2. The van der Waals surface area contributed by atoms with Gasteiger partial charge in [-0.25, -0.2) is 5.43 Å². The summed E-state index contributed by atoms with van der Waals surface area (Å²) in [6.45, 7) is 1.92. The normalized spacial score (nSPS) is 17.1. The van der Waals surface area contributed by atoms with E-state index in [4.69, 9.17) is 4.74 Å². The molecule has 3 rings (SSSR count). The van der Waals surface area contributed by atoms with Crippen LogP contribution in [0.15, 0.2) is 47.6 Å². The van der Waals surface area contributed by atoms with Gasteiger partial charge in [0, 0.05) is 23.7 Å². The Morgan fingerprint density at radius 3 is 2.41 bits per heavy atom. The van der Waals surface area contributed by atoms with Crippen molar-refractivity contribution in [2.45, 2.75) is 19.5 Å². The van der Waals surface area contributed by atoms with Crippen LogP contribution in [-0.2, 0) is 11.0 Å². The number of rotatable bonds is 4. The van der Waals surface area contributed by atoms with Gasteiger partial charge in [-0.3, -0.25) is 4.79 Å². The minimum atomic E-state index is -4.51. The number of nitrogens with zero attached hydrogens (tertiary/aromatic N) is 1. The number of amides is 1. The highest BCUT2D eigenvalue weighted by Crippen LogP contribution is 2.38. The predicted octanol–water partition coefficient (Wildman–Crippen LogP) is 4.32. The van der Waals surface area contributed by atoms with E-state index < -0.39 is 11.7 Å². The molecular formula is C19H18F3N3O2. The molecule has 0 radical (unpaired) electrons. The first-order valence-electron chi connectivity index (χ1n) is 8.27. The molecule has 1 amide bonds. The topological polar surface area (TPSA) is 62.7 Å². The van der Waals surface area contributed by atoms with Crippen LogP contribution in [0.3, 0.4) is 0 Å². The number of hydrogen-bond donors (Lipinski definition) is 2. The van der Waals surface area contributed by atoms with E-state index in [9.17, 15) is 18.0 Å². The van der Waals surface area contributed by atoms with Gasteiger partial charge in [0.25, 0.3) is 0 Å². The quantitative estimate of drug-likeness (QED) is 0.834. The van der Waals surface area contributed by atoms with E-state index in [1.165, 1.54) is 19.2 Å². The molecule has 1 aliphatic rings. The second-order valence-corrected chi connectivity index (χ2v) is 6.25. The predicted molar refractivity (Wildman–Crippen MR) is 96.2 cm³/mol. The van der Waals surface area contributed by atoms with Crippen LogP contribution in [0.4, 0.5) is 24.5 Å². The molecule has 1 atom stereocenters. The van der Waals surface area contributed by atoms with Gasteiger partial charge in [-0.15, -0.1) is 0 Å². The lowest BCUT2D eigenvalue weighted by Crippen LogP contribution is -2.31. The van der Waals surface area contributed by atoms with Gasteiger partial charge in [0.05, 0.1) is 18.4 Å². The SMILES string of the molecule is COc1ccc(Nc2ccc(C3=NNC(=O)CC3C)cc2)cc1C(F)(F)F. The average Bonchev–Trinajstić information content (AvgIpc) is 2.62. The van der Waals surface area contributed by atoms with Gasteiger partial charge in [-0.2, -0.15) is 18.3 Å². The molecule has 2 N–H and O–H groups in total. The lowest BCUT2D eigenvalue weighted by atomic mass is 9.94. The van der Waals surface area contributed by atoms with E-state index in [-0.39, 0.29) is 17.6 Å². The molecule has 2 aromatic carbocycles. The Kier molecular flexibility index (Phi) is 5.07. The van der Waals surface area contributed by atoms with Crippen molar-refractivity contribution < 1.29 is 22.7 Å². The number of methoxy groups -OCH3 is 1. The largest absolute Gasteiger partial charge is 0.496 e. The third-order valence-corrected chi connectivity index (χ3v) is 4.23. The number of alkyl halides is 3. The van der Waals surface area contributed by atoms with Gasteiger partial charge in [0.2, 0.25) is 5.91 Å². The van der Waals surface area contributed by atoms with E-state index in [1.807, 2.05) is 19.1 Å². The van der Waals surface area contributed by atoms with Gasteiger partial charge >= 0.3 is 6.18 Å². The molecule has 0 spiro atoms. The molecule has 0 saturated carbocycles. The van der Waals surface area contributed by atoms with Gasteiger partial charge in [0.1, 0.15) is 5.75 Å². The number of carbonyl (C=O) groups excluding carboxylic acids is 1. The van der Waals surface area contributed by atoms with Gasteiger partial charge in [-0.05, 0) is 35.9 Å². The number of carbonyl (C=O) groups is 1. The molecule has 0 bridgehead atoms. The van der Waals surface area contributed by atoms with Crippen molar-refractivity contribution in [1.82, 2.24) is 5.43 Å². The Labute approximate surface area is 154 Å². The number of halogens is 3. The summed E-state index contributed by atoms with van der Waals surface area (Å²) in [6, 6.07) is 10.9. The van der Waals surface area contributed by atoms with E-state index in [0.717, 1.165) is 17.3 Å². The molecule has 27 heavy (non-hydrogen) atoms. The Balaban J connectivity index is 1.80. The zero-order valence-corrected chi connectivity index (χ0v) is 14.7. The van der Waals surface area contributed by atoms with Gasteiger partial charge in [0.15, 0.2) is 0 Å². The van der Waals surface area contributed by atoms with E-state index in [2.05, 4.69) is 15.8 Å². The summed E-state index contributed by atoms with van der Waals surface area (Å²) in [5.41, 5.74) is 4.16. The van der Waals surface area contributed by atoms with Crippen LogP contribution in [0.25, 0.3) is 0 Å². The standard InChI is InChI=1S/C19H18F3N3O2/c1-11-9-17(26)24-25-18(11)12-3-5-13(6-4-12)23-14-7-8-16(27-2)15(10-14)19(20,21)22/h3-8,10-11,23H,9H2,1-2H3,(H,24,26). The van der Waals surface area contributed by atoms with Crippen molar-refractivity contribution in [1.29, 1.82) is 0 Å². The number of nitrogens with one attached hydrogen (secondary N) is 2. The monoisotopic (exact) mass is 377 g/mol. The van der Waals surface area contributed by atoms with Gasteiger partial charge < -0.3 is 10.1 Å². The third-order valence-electron chi connectivity index (χ3n) is 4.23. The highest BCUT2D eigenvalue weighted by molar-refractivity contribution is 6.05. The maximum absolute atomic E-state index is 13.1. The summed E-state index contributed by atoms with van der Waals surface area (Å²) in [7, 11) is 1.20. The van der Waals surface area contributed by atoms with Crippen LogP contribution < -0.4 is 15.5 Å². The summed E-state index contributed by atoms with van der Waals surface area (Å²) in [5, 5.41) is 7.04. The molecule has 0 aliphatic carbocycles. The average molecular weight is 377 g/mol. The minimum absolute atomic E-state index is 0.00603. The maximum Gasteiger partial charge on any atom is 0.420 e. The second-order valence-electron chi connectivity index (χ2n) is 6.25. The highest BCUT2D eigenvalue weighted by Gasteiger charge is 2.34. The first-order valence-corrected chi connectivity index (χ1v) is 8.27. The number of ether oxygens (including phenoxy) is 1. The van der Waals surface area contributed by atoms with Crippen LogP contribution >= 0.6 is 0 Å². The third kappa shape index (κ3) is 4.21. The number of hydrazone groups is 1. The van der Waals surface area contributed by atoms with Crippen molar-refractivity contribution in [3.8, 4) is 5.75 Å². The van der Waals surface area contributed by atoms with Crippen molar-refractivity contribution in [3.63, 3.8) is 0 Å². The summed E-state index contributed by atoms with van der Waals surface area (Å²) in [5.74, 6) is -0.354. The second kappa shape index (κ2) is 7.30. The summed E-state index contributed by atoms with van der Waals surface area (Å²) < 4.78 is 44.2. The molecule has 0 aromatic heterocycles. The summed E-state index contributed by atoms with van der Waals surface area (Å²) >= 11 is 0. The minimum Gasteiger partial charge on any atom is -0.496 e. The zero-order chi connectivity index (χ0) is 19.6. The molecule has 142 valence electrons. The van der Waals surface area contributed by atoms with E-state index in [1.54, 1.807) is 12.1 Å². The van der Waals surface area contributed by atoms with Crippen LogP contribution in [0.5, 0.6) is 5.75 Å². The number of anilines is 2. The fraction of sp³-hybridized carbons (Fsp3) is 0.263. The van der Waals surface area contributed by atoms with Crippen LogP contribution in [-0.4, -0.2) is 18.7 Å². The Hall–Kier alpha value is -3.03. The molecule has 1 unspecified atom stereocenters. The molecule has 8 heteroatoms. The maximum atomic E-state index is 13.1. The molecule has 5 nitrogen and oxygen atoms in total. The van der Waals surface area contributed by atoms with Crippen molar-refractivity contribution in [3.05, 3.63) is 53.6 Å². The Bertz CT molecular complexity index is 877. The van der Waals surface area contributed by atoms with Crippen molar-refractivity contribution in [2.75, 3.05) is 12.4 Å². The smallest absolute Gasteiger partial charge is 0.420 e. The lowest BCUT2D eigenvalue weighted by molar-refractivity contribution is -0.138. The number of hydrogen-bond acceptors (Lipinski definition) is 4. The molecule has 2 aromatic rings. The summed E-state index contributed by atoms with van der Waals surface area (Å²) in [6.07, 6.45) is -4.14. The molecule has 1 aliphatic heterocycles. The van der Waals surface area contributed by atoms with Gasteiger partial charge in [-0.1, -0.05) is 19.1 Å². The first-order chi connectivity index (χ1) is 12.8. The Morgan fingerprint density at radius 1 is 1.15 bits per heavy atom. The van der Waals surface area contributed by atoms with Crippen LogP contribution in [0.2, 0.25) is 0 Å². The van der Waals surface area contributed by atoms with Crippen LogP contribution in [0, 0.1) is 5.92 Å². The van der Waals surface area contributed by atoms with E-state index in [0.29, 0.717) is 17.8 Å². The van der Waals surface area contributed by atoms with Crippen LogP contribution in [0.1, 0.15) is 24.5 Å². The Morgan fingerprint density at radius 2 is 1.81 bits per heavy atom. The fourth-order valence-electron chi connectivity index (χ4n) is 2.90. The van der Waals surface area contributed by atoms with Crippen molar-refractivity contribution >= 4 is 23.0 Å². The molecule has 1 heterocycles. The van der Waals surface area contributed by atoms with Crippen molar-refractivity contribution in [2.24, 2.45) is 11.0 Å². The molecular weight excluding hydrogens is 359 g/mol. The highest BCUT2D eigenvalue weighted by atomic mass is 19.4. The first kappa shape index (κ1) is 18.8. The fourth-order valence-corrected chi connectivity index (χ4v) is 2.90. The molecule has 0 fully saturated rings. The lowest BCUT2D eigenvalue weighted by Gasteiger charge is -2.19. The van der Waals surface area contributed by atoms with E-state index >= 15 is 0 Å². The summed E-state index contributed by atoms with van der Waals surface area (Å²) in [4.78, 5) is 11.3.